The van der Waals surface area contributed by atoms with E-state index >= 15 is 0 Å². The van der Waals surface area contributed by atoms with Crippen molar-refractivity contribution >= 4 is 35.4 Å². The highest BCUT2D eigenvalue weighted by Crippen LogP contribution is 2.21. The van der Waals surface area contributed by atoms with Crippen LogP contribution in [0.25, 0.3) is 0 Å². The number of aliphatic hydroxyl groups is 1. The number of amides is 4. The molecule has 13 heteroatoms. The van der Waals surface area contributed by atoms with E-state index in [0.717, 1.165) is 11.1 Å². The first kappa shape index (κ1) is 42.2. The van der Waals surface area contributed by atoms with Gasteiger partial charge < -0.3 is 25.2 Å². The lowest BCUT2D eigenvalue weighted by Crippen LogP contribution is -2.46. The molecule has 4 amide bonds. The molecule has 0 aliphatic rings. The second-order valence-corrected chi connectivity index (χ2v) is 13.9. The van der Waals surface area contributed by atoms with Crippen LogP contribution in [0.1, 0.15) is 56.1 Å². The number of anilines is 2. The van der Waals surface area contributed by atoms with Gasteiger partial charge in [-0.15, -0.1) is 0 Å². The van der Waals surface area contributed by atoms with Crippen molar-refractivity contribution in [2.75, 3.05) is 10.6 Å². The van der Waals surface area contributed by atoms with Crippen molar-refractivity contribution in [1.82, 2.24) is 20.6 Å². The highest BCUT2D eigenvalue weighted by atomic mass is 16.6. The van der Waals surface area contributed by atoms with Crippen molar-refractivity contribution in [1.29, 1.82) is 0 Å². The van der Waals surface area contributed by atoms with E-state index in [1.165, 1.54) is 0 Å². The van der Waals surface area contributed by atoms with E-state index in [2.05, 4.69) is 31.2 Å². The second-order valence-electron chi connectivity index (χ2n) is 13.9. The summed E-state index contributed by atoms with van der Waals surface area (Å²) in [6, 6.07) is 41.7. The fourth-order valence-electron chi connectivity index (χ4n) is 6.48. The number of nitrogens with zero attached hydrogens (tertiary/aromatic N) is 2. The third-order valence-corrected chi connectivity index (χ3v) is 9.52. The van der Waals surface area contributed by atoms with Crippen LogP contribution in [0.4, 0.5) is 21.0 Å². The number of benzene rings is 4. The largest absolute Gasteiger partial charge is 0.443 e. The molecular weight excluding hydrogens is 761 g/mol. The van der Waals surface area contributed by atoms with Gasteiger partial charge in [-0.2, -0.15) is 0 Å². The zero-order valence-electron chi connectivity index (χ0n) is 32.8. The molecule has 5 N–H and O–H groups in total. The number of hydrogen-bond donors (Lipinski definition) is 5. The van der Waals surface area contributed by atoms with E-state index < -0.39 is 42.2 Å². The first-order valence-electron chi connectivity index (χ1n) is 19.5. The van der Waals surface area contributed by atoms with Crippen molar-refractivity contribution in [2.24, 2.45) is 0 Å². The van der Waals surface area contributed by atoms with E-state index in [1.54, 1.807) is 97.3 Å². The van der Waals surface area contributed by atoms with Gasteiger partial charge in [0.15, 0.2) is 0 Å². The standard InChI is InChI=1S/C47H46N6O7/c54-43(42(30-34-17-5-2-6-18-34)51-45(56)39-22-8-10-24-41(39)53-47(58)60-32-37-20-12-14-28-49-37)26-25-35(29-33-15-3-1-4-16-33)50-44(55)38-21-7-9-23-40(38)52-46(57)59-31-36-19-11-13-27-48-36/h1-24,27-28,35,42-43,54H,25-26,29-32H2,(H,50,55)(H,51,56)(H,52,57)(H,53,58)/t35-,42+,43+/m1/s1. The lowest BCUT2D eigenvalue weighted by molar-refractivity contribution is 0.0796. The molecule has 3 atom stereocenters. The van der Waals surface area contributed by atoms with Crippen LogP contribution in [0.5, 0.6) is 0 Å². The first-order chi connectivity index (χ1) is 29.3. The number of hydrogen-bond acceptors (Lipinski definition) is 9. The Morgan fingerprint density at radius 3 is 1.47 bits per heavy atom. The minimum absolute atomic E-state index is 0.0421. The monoisotopic (exact) mass is 806 g/mol. The van der Waals surface area contributed by atoms with Gasteiger partial charge in [0.2, 0.25) is 0 Å². The number of ether oxygens (including phenoxy) is 2. The maximum absolute atomic E-state index is 13.9. The lowest BCUT2D eigenvalue weighted by atomic mass is 9.94. The average Bonchev–Trinajstić information content (AvgIpc) is 3.28. The number of para-hydroxylation sites is 2. The highest BCUT2D eigenvalue weighted by molar-refractivity contribution is 6.03. The van der Waals surface area contributed by atoms with E-state index in [1.807, 2.05) is 60.7 Å². The van der Waals surface area contributed by atoms with Gasteiger partial charge in [-0.1, -0.05) is 97.1 Å². The number of rotatable bonds is 18. The van der Waals surface area contributed by atoms with Gasteiger partial charge in [-0.25, -0.2) is 9.59 Å². The minimum atomic E-state index is -1.05. The minimum Gasteiger partial charge on any atom is -0.443 e. The van der Waals surface area contributed by atoms with Crippen molar-refractivity contribution in [3.8, 4) is 0 Å². The van der Waals surface area contributed by atoms with Crippen molar-refractivity contribution < 1.29 is 33.8 Å². The van der Waals surface area contributed by atoms with Gasteiger partial charge in [0.1, 0.15) is 13.2 Å². The predicted octanol–water partition coefficient (Wildman–Crippen LogP) is 7.50. The topological polar surface area (TPSA) is 181 Å². The molecule has 13 nitrogen and oxygen atoms in total. The fourth-order valence-corrected chi connectivity index (χ4v) is 6.48. The van der Waals surface area contributed by atoms with Crippen LogP contribution >= 0.6 is 0 Å². The summed E-state index contributed by atoms with van der Waals surface area (Å²) in [5, 5.41) is 23.3. The first-order valence-corrected chi connectivity index (χ1v) is 19.5. The van der Waals surface area contributed by atoms with Gasteiger partial charge in [-0.3, -0.25) is 30.2 Å². The summed E-state index contributed by atoms with van der Waals surface area (Å²) in [4.78, 5) is 61.6. The number of aromatic nitrogens is 2. The summed E-state index contributed by atoms with van der Waals surface area (Å²) in [5.74, 6) is -0.935. The smallest absolute Gasteiger partial charge is 0.412 e. The molecule has 0 saturated carbocycles. The Morgan fingerprint density at radius 1 is 0.517 bits per heavy atom. The Bertz CT molecular complexity index is 2300. The molecule has 60 heavy (non-hydrogen) atoms. The number of pyridine rings is 2. The molecule has 6 rings (SSSR count). The molecular formula is C47H46N6O7. The maximum Gasteiger partial charge on any atom is 0.412 e. The van der Waals surface area contributed by atoms with Crippen LogP contribution in [-0.2, 0) is 35.5 Å². The normalized spacial score (nSPS) is 12.2. The van der Waals surface area contributed by atoms with Gasteiger partial charge in [0.25, 0.3) is 11.8 Å². The Hall–Kier alpha value is -7.38. The summed E-state index contributed by atoms with van der Waals surface area (Å²) >= 11 is 0. The number of carbonyl (C=O) groups is 4. The molecule has 306 valence electrons. The molecule has 0 aliphatic carbocycles. The zero-order valence-corrected chi connectivity index (χ0v) is 32.8. The summed E-state index contributed by atoms with van der Waals surface area (Å²) in [6.07, 6.45) is 1.96. The molecule has 0 saturated heterocycles. The predicted molar refractivity (Wildman–Crippen MR) is 227 cm³/mol. The number of nitrogens with one attached hydrogen (secondary N) is 4. The Balaban J connectivity index is 1.14. The van der Waals surface area contributed by atoms with Gasteiger partial charge in [0.05, 0.1) is 46.0 Å². The molecule has 2 heterocycles. The van der Waals surface area contributed by atoms with Crippen LogP contribution in [0.15, 0.2) is 158 Å². The SMILES string of the molecule is O=C(Nc1ccccc1C(=O)N[C@H](CC[C@H](O)[C@H](Cc1ccccc1)NC(=O)c1ccccc1NC(=O)OCc1ccccn1)Cc1ccccc1)OCc1ccccn1. The third-order valence-electron chi connectivity index (χ3n) is 9.52. The summed E-state index contributed by atoms with van der Waals surface area (Å²) in [5.41, 5.74) is 3.91. The van der Waals surface area contributed by atoms with Gasteiger partial charge in [0, 0.05) is 18.4 Å². The van der Waals surface area contributed by atoms with Crippen LogP contribution in [0, 0.1) is 0 Å². The van der Waals surface area contributed by atoms with E-state index in [9.17, 15) is 24.3 Å². The van der Waals surface area contributed by atoms with Crippen molar-refractivity contribution in [2.45, 2.75) is 57.1 Å². The molecule has 0 radical (unpaired) electrons. The Kier molecular flexibility index (Phi) is 15.5. The molecule has 0 bridgehead atoms. The van der Waals surface area contributed by atoms with Gasteiger partial charge >= 0.3 is 12.2 Å². The molecule has 4 aromatic carbocycles. The maximum atomic E-state index is 13.9. The number of aliphatic hydroxyl groups excluding tert-OH is 1. The summed E-state index contributed by atoms with van der Waals surface area (Å²) < 4.78 is 10.7. The quantitative estimate of drug-likeness (QED) is 0.0588. The summed E-state index contributed by atoms with van der Waals surface area (Å²) in [6.45, 7) is -0.0943. The van der Waals surface area contributed by atoms with Crippen molar-refractivity contribution in [3.63, 3.8) is 0 Å². The second kappa shape index (κ2) is 22.0. The van der Waals surface area contributed by atoms with Crippen LogP contribution in [0.2, 0.25) is 0 Å². The van der Waals surface area contributed by atoms with E-state index in [0.29, 0.717) is 30.7 Å². The van der Waals surface area contributed by atoms with Crippen LogP contribution in [0.3, 0.4) is 0 Å². The van der Waals surface area contributed by atoms with Crippen LogP contribution < -0.4 is 21.3 Å². The summed E-state index contributed by atoms with van der Waals surface area (Å²) in [7, 11) is 0. The third kappa shape index (κ3) is 13.1. The molecule has 2 aromatic heterocycles. The van der Waals surface area contributed by atoms with E-state index in [4.69, 9.17) is 9.47 Å². The van der Waals surface area contributed by atoms with Crippen molar-refractivity contribution in [3.05, 3.63) is 192 Å². The lowest BCUT2D eigenvalue weighted by Gasteiger charge is -2.27. The molecule has 0 fully saturated rings. The molecule has 0 spiro atoms. The number of carbonyl (C=O) groups excluding carboxylic acids is 4. The molecule has 0 unspecified atom stereocenters. The fraction of sp³-hybridized carbons (Fsp3) is 0.191. The highest BCUT2D eigenvalue weighted by Gasteiger charge is 2.26. The zero-order chi connectivity index (χ0) is 41.9. The Labute approximate surface area is 348 Å². The van der Waals surface area contributed by atoms with Crippen LogP contribution in [-0.4, -0.2) is 57.3 Å². The Morgan fingerprint density at radius 2 is 0.967 bits per heavy atom. The average molecular weight is 807 g/mol. The molecule has 6 aromatic rings. The molecule has 0 aliphatic heterocycles. The van der Waals surface area contributed by atoms with Gasteiger partial charge in [-0.05, 0) is 85.3 Å². The van der Waals surface area contributed by atoms with E-state index in [-0.39, 0.29) is 42.1 Å².